The Labute approximate surface area is 374 Å². The van der Waals surface area contributed by atoms with E-state index in [2.05, 4.69) is 27.7 Å². The van der Waals surface area contributed by atoms with E-state index >= 15 is 0 Å². The number of unbranched alkanes of at least 4 members (excludes halogenated alkanes) is 36. The summed E-state index contributed by atoms with van der Waals surface area (Å²) in [6.45, 7) is 9.03. The first-order valence-corrected chi connectivity index (χ1v) is 26.9. The van der Waals surface area contributed by atoms with Gasteiger partial charge in [-0.3, -0.25) is 14.4 Å². The van der Waals surface area contributed by atoms with Crippen LogP contribution in [0.2, 0.25) is 0 Å². The molecule has 0 rings (SSSR count). The molecule has 60 heavy (non-hydrogen) atoms. The Balaban J connectivity index is 4.31. The number of hydrogen-bond donors (Lipinski definition) is 0. The van der Waals surface area contributed by atoms with Crippen LogP contribution in [0.3, 0.4) is 0 Å². The van der Waals surface area contributed by atoms with Crippen molar-refractivity contribution in [2.24, 2.45) is 5.92 Å². The van der Waals surface area contributed by atoms with Crippen molar-refractivity contribution >= 4 is 17.9 Å². The van der Waals surface area contributed by atoms with Crippen LogP contribution in [0.1, 0.15) is 304 Å². The lowest BCUT2D eigenvalue weighted by Crippen LogP contribution is -2.30. The van der Waals surface area contributed by atoms with E-state index < -0.39 is 6.10 Å². The average Bonchev–Trinajstić information content (AvgIpc) is 3.23. The molecule has 0 bridgehead atoms. The highest BCUT2D eigenvalue weighted by atomic mass is 16.6. The van der Waals surface area contributed by atoms with Gasteiger partial charge in [-0.05, 0) is 25.2 Å². The van der Waals surface area contributed by atoms with Gasteiger partial charge < -0.3 is 14.2 Å². The van der Waals surface area contributed by atoms with Crippen molar-refractivity contribution in [3.63, 3.8) is 0 Å². The minimum absolute atomic E-state index is 0.0625. The summed E-state index contributed by atoms with van der Waals surface area (Å²) in [5, 5.41) is 0. The summed E-state index contributed by atoms with van der Waals surface area (Å²) in [6.07, 6.45) is 50.8. The van der Waals surface area contributed by atoms with E-state index in [4.69, 9.17) is 14.2 Å². The van der Waals surface area contributed by atoms with Crippen LogP contribution in [0, 0.1) is 5.92 Å². The maximum Gasteiger partial charge on any atom is 0.306 e. The number of hydrogen-bond acceptors (Lipinski definition) is 6. The number of rotatable bonds is 49. The zero-order valence-corrected chi connectivity index (χ0v) is 40.9. The molecule has 356 valence electrons. The molecule has 6 heteroatoms. The van der Waals surface area contributed by atoms with Gasteiger partial charge in [-0.1, -0.05) is 265 Å². The van der Waals surface area contributed by atoms with E-state index in [9.17, 15) is 14.4 Å². The summed E-state index contributed by atoms with van der Waals surface area (Å²) < 4.78 is 16.8. The lowest BCUT2D eigenvalue weighted by atomic mass is 10.0. The van der Waals surface area contributed by atoms with E-state index in [-0.39, 0.29) is 31.1 Å². The third-order valence-electron chi connectivity index (χ3n) is 12.3. The lowest BCUT2D eigenvalue weighted by Gasteiger charge is -2.18. The molecule has 0 aromatic carbocycles. The molecule has 0 saturated heterocycles. The molecule has 0 aliphatic heterocycles. The average molecular weight is 849 g/mol. The smallest absolute Gasteiger partial charge is 0.306 e. The predicted octanol–water partition coefficient (Wildman–Crippen LogP) is 17.5. The monoisotopic (exact) mass is 849 g/mol. The van der Waals surface area contributed by atoms with Crippen LogP contribution in [0.15, 0.2) is 0 Å². The van der Waals surface area contributed by atoms with Gasteiger partial charge in [0.1, 0.15) is 13.2 Å². The Morgan fingerprint density at radius 3 is 0.817 bits per heavy atom. The quantitative estimate of drug-likeness (QED) is 0.0345. The van der Waals surface area contributed by atoms with Crippen molar-refractivity contribution in [2.75, 3.05) is 13.2 Å². The molecule has 0 aromatic rings. The van der Waals surface area contributed by atoms with Gasteiger partial charge in [-0.25, -0.2) is 0 Å². The molecule has 0 spiro atoms. The molecule has 0 aliphatic rings. The fourth-order valence-corrected chi connectivity index (χ4v) is 8.22. The molecule has 0 unspecified atom stereocenters. The molecule has 0 aromatic heterocycles. The second-order valence-corrected chi connectivity index (χ2v) is 19.0. The van der Waals surface area contributed by atoms with Crippen LogP contribution >= 0.6 is 0 Å². The first-order valence-electron chi connectivity index (χ1n) is 26.9. The summed E-state index contributed by atoms with van der Waals surface area (Å²) in [7, 11) is 0. The lowest BCUT2D eigenvalue weighted by molar-refractivity contribution is -0.167. The first-order chi connectivity index (χ1) is 29.4. The van der Waals surface area contributed by atoms with Gasteiger partial charge in [0.25, 0.3) is 0 Å². The molecule has 0 N–H and O–H groups in total. The van der Waals surface area contributed by atoms with E-state index in [1.807, 2.05) is 0 Å². The number of esters is 3. The van der Waals surface area contributed by atoms with Gasteiger partial charge in [0.05, 0.1) is 0 Å². The Morgan fingerprint density at radius 1 is 0.317 bits per heavy atom. The third kappa shape index (κ3) is 47.5. The molecule has 0 amide bonds. The van der Waals surface area contributed by atoms with Gasteiger partial charge in [0.15, 0.2) is 6.10 Å². The Morgan fingerprint density at radius 2 is 0.550 bits per heavy atom. The van der Waals surface area contributed by atoms with E-state index in [1.165, 1.54) is 199 Å². The van der Waals surface area contributed by atoms with Crippen LogP contribution < -0.4 is 0 Å². The van der Waals surface area contributed by atoms with E-state index in [1.54, 1.807) is 0 Å². The number of carbonyl (C=O) groups is 3. The van der Waals surface area contributed by atoms with Crippen LogP contribution in [0.4, 0.5) is 0 Å². The summed E-state index contributed by atoms with van der Waals surface area (Å²) in [5.41, 5.74) is 0. The number of carbonyl (C=O) groups excluding carboxylic acids is 3. The minimum atomic E-state index is -0.761. The zero-order chi connectivity index (χ0) is 43.8. The molecule has 0 heterocycles. The molecule has 6 nitrogen and oxygen atoms in total. The van der Waals surface area contributed by atoms with E-state index in [0.29, 0.717) is 19.3 Å². The molecule has 0 radical (unpaired) electrons. The summed E-state index contributed by atoms with van der Waals surface area (Å²) in [5.74, 6) is -0.0229. The standard InChI is InChI=1S/C54H104O6/c1-5-7-9-11-13-15-17-19-20-21-23-25-31-35-39-43-47-54(57)60-51(48-58-52(55)45-41-37-33-29-24-22-18-16-14-12-10-8-6-2)49-59-53(56)46-42-38-34-30-27-26-28-32-36-40-44-50(3)4/h50-51H,5-49H2,1-4H3/t51-/m1/s1. The fraction of sp³-hybridized carbons (Fsp3) is 0.944. The maximum atomic E-state index is 12.8. The van der Waals surface area contributed by atoms with Crippen LogP contribution in [0.25, 0.3) is 0 Å². The van der Waals surface area contributed by atoms with Crippen molar-refractivity contribution in [2.45, 2.75) is 310 Å². The zero-order valence-electron chi connectivity index (χ0n) is 40.9. The highest BCUT2D eigenvalue weighted by molar-refractivity contribution is 5.71. The Hall–Kier alpha value is -1.59. The summed E-state index contributed by atoms with van der Waals surface area (Å²) in [4.78, 5) is 38.0. The van der Waals surface area contributed by atoms with Gasteiger partial charge >= 0.3 is 17.9 Å². The SMILES string of the molecule is CCCCCCCCCCCCCCCCCCC(=O)O[C@H](COC(=O)CCCCCCCCCCCCCCC)COC(=O)CCCCCCCCCCCCC(C)C. The molecule has 0 fully saturated rings. The van der Waals surface area contributed by atoms with Crippen LogP contribution in [0.5, 0.6) is 0 Å². The fourth-order valence-electron chi connectivity index (χ4n) is 8.22. The van der Waals surface area contributed by atoms with Crippen LogP contribution in [-0.4, -0.2) is 37.2 Å². The molecular formula is C54H104O6. The first kappa shape index (κ1) is 58.4. The highest BCUT2D eigenvalue weighted by Gasteiger charge is 2.19. The highest BCUT2D eigenvalue weighted by Crippen LogP contribution is 2.17. The third-order valence-corrected chi connectivity index (χ3v) is 12.3. The predicted molar refractivity (Wildman–Crippen MR) is 257 cm³/mol. The second-order valence-electron chi connectivity index (χ2n) is 19.0. The number of ether oxygens (including phenoxy) is 3. The molecule has 0 saturated carbocycles. The van der Waals surface area contributed by atoms with Crippen molar-refractivity contribution in [1.29, 1.82) is 0 Å². The van der Waals surface area contributed by atoms with Gasteiger partial charge in [-0.2, -0.15) is 0 Å². The molecular weight excluding hydrogens is 745 g/mol. The minimum Gasteiger partial charge on any atom is -0.462 e. The summed E-state index contributed by atoms with van der Waals surface area (Å²) in [6, 6.07) is 0. The van der Waals surface area contributed by atoms with Gasteiger partial charge in [-0.15, -0.1) is 0 Å². The Bertz CT molecular complexity index is 903. The van der Waals surface area contributed by atoms with Gasteiger partial charge in [0.2, 0.25) is 0 Å². The van der Waals surface area contributed by atoms with Crippen molar-refractivity contribution < 1.29 is 28.6 Å². The largest absolute Gasteiger partial charge is 0.462 e. The second kappa shape index (κ2) is 48.4. The van der Waals surface area contributed by atoms with Crippen LogP contribution in [-0.2, 0) is 28.6 Å². The van der Waals surface area contributed by atoms with Gasteiger partial charge in [0, 0.05) is 19.3 Å². The molecule has 0 aliphatic carbocycles. The topological polar surface area (TPSA) is 78.9 Å². The Kier molecular flexibility index (Phi) is 47.2. The van der Waals surface area contributed by atoms with Crippen molar-refractivity contribution in [3.05, 3.63) is 0 Å². The summed E-state index contributed by atoms with van der Waals surface area (Å²) >= 11 is 0. The van der Waals surface area contributed by atoms with Crippen molar-refractivity contribution in [3.8, 4) is 0 Å². The maximum absolute atomic E-state index is 12.8. The normalized spacial score (nSPS) is 11.9. The molecule has 1 atom stereocenters. The van der Waals surface area contributed by atoms with E-state index in [0.717, 1.165) is 63.7 Å². The van der Waals surface area contributed by atoms with Crippen molar-refractivity contribution in [1.82, 2.24) is 0 Å².